The molecule has 0 saturated heterocycles. The fourth-order valence-electron chi connectivity index (χ4n) is 2.81. The minimum atomic E-state index is -0.616. The van der Waals surface area contributed by atoms with Gasteiger partial charge in [-0.25, -0.2) is 9.78 Å². The van der Waals surface area contributed by atoms with Gasteiger partial charge in [-0.2, -0.15) is 0 Å². The summed E-state index contributed by atoms with van der Waals surface area (Å²) in [5.41, 5.74) is 1.27. The molecule has 1 aliphatic heterocycles. The third-order valence-electron chi connectivity index (χ3n) is 4.06. The normalized spacial score (nSPS) is 13.6. The van der Waals surface area contributed by atoms with Gasteiger partial charge in [-0.05, 0) is 57.5 Å². The topological polar surface area (TPSA) is 91.4 Å². The molecule has 4 amide bonds. The first-order chi connectivity index (χ1) is 12.2. The van der Waals surface area contributed by atoms with Gasteiger partial charge in [0.05, 0.1) is 11.1 Å². The number of pyridine rings is 1. The third kappa shape index (κ3) is 3.15. The lowest BCUT2D eigenvalue weighted by atomic mass is 10.1. The molecule has 2 aromatic rings. The van der Waals surface area contributed by atoms with Crippen molar-refractivity contribution in [1.82, 2.24) is 9.88 Å². The molecule has 0 fully saturated rings. The molecule has 1 aliphatic rings. The van der Waals surface area contributed by atoms with Gasteiger partial charge in [0.2, 0.25) is 0 Å². The number of anilines is 2. The Bertz CT molecular complexity index is 915. The number of aryl methyl sites for hydroxylation is 1. The fourth-order valence-corrected chi connectivity index (χ4v) is 2.81. The Balaban J connectivity index is 1.80. The maximum Gasteiger partial charge on any atom is 0.324 e. The molecule has 0 bridgehead atoms. The number of aromatic nitrogens is 1. The number of hydrogen-bond acceptors (Lipinski definition) is 4. The van der Waals surface area contributed by atoms with Gasteiger partial charge in [0.1, 0.15) is 5.82 Å². The number of urea groups is 1. The largest absolute Gasteiger partial charge is 0.324 e. The number of nitrogens with one attached hydrogen (secondary N) is 2. The van der Waals surface area contributed by atoms with Crippen LogP contribution in [-0.4, -0.2) is 33.3 Å². The number of rotatable bonds is 2. The second-order valence-electron chi connectivity index (χ2n) is 7.12. The van der Waals surface area contributed by atoms with Crippen LogP contribution in [0.25, 0.3) is 0 Å². The Morgan fingerprint density at radius 3 is 2.38 bits per heavy atom. The predicted octanol–water partition coefficient (Wildman–Crippen LogP) is 3.43. The first-order valence-electron chi connectivity index (χ1n) is 8.21. The summed E-state index contributed by atoms with van der Waals surface area (Å²) >= 11 is 0. The molecule has 7 nitrogen and oxygen atoms in total. The highest BCUT2D eigenvalue weighted by Crippen LogP contribution is 2.30. The van der Waals surface area contributed by atoms with Crippen LogP contribution in [0, 0.1) is 6.92 Å². The van der Waals surface area contributed by atoms with Crippen LogP contribution in [0.4, 0.5) is 16.3 Å². The summed E-state index contributed by atoms with van der Waals surface area (Å²) in [6.07, 6.45) is 1.59. The zero-order chi connectivity index (χ0) is 19.1. The van der Waals surface area contributed by atoms with Gasteiger partial charge in [-0.15, -0.1) is 0 Å². The van der Waals surface area contributed by atoms with Gasteiger partial charge < -0.3 is 5.32 Å². The molecule has 0 spiro atoms. The molecule has 3 rings (SSSR count). The second kappa shape index (κ2) is 6.25. The number of nitrogens with zero attached hydrogens (tertiary/aromatic N) is 2. The van der Waals surface area contributed by atoms with Crippen LogP contribution in [0.15, 0.2) is 36.5 Å². The van der Waals surface area contributed by atoms with Crippen molar-refractivity contribution in [2.75, 3.05) is 10.6 Å². The van der Waals surface area contributed by atoms with Gasteiger partial charge in [-0.1, -0.05) is 6.07 Å². The highest BCUT2D eigenvalue weighted by Gasteiger charge is 2.41. The predicted molar refractivity (Wildman–Crippen MR) is 98.3 cm³/mol. The summed E-state index contributed by atoms with van der Waals surface area (Å²) in [7, 11) is 0. The third-order valence-corrected chi connectivity index (χ3v) is 4.06. The molecule has 0 aliphatic carbocycles. The van der Waals surface area contributed by atoms with Crippen LogP contribution >= 0.6 is 0 Å². The average molecular weight is 352 g/mol. The van der Waals surface area contributed by atoms with Crippen molar-refractivity contribution in [3.63, 3.8) is 0 Å². The van der Waals surface area contributed by atoms with Gasteiger partial charge >= 0.3 is 6.03 Å². The summed E-state index contributed by atoms with van der Waals surface area (Å²) in [5.74, 6) is -0.226. The molecule has 1 aromatic carbocycles. The van der Waals surface area contributed by atoms with E-state index in [0.29, 0.717) is 17.1 Å². The van der Waals surface area contributed by atoms with Crippen molar-refractivity contribution in [2.45, 2.75) is 33.2 Å². The molecule has 7 heteroatoms. The van der Waals surface area contributed by atoms with Crippen molar-refractivity contribution in [2.24, 2.45) is 0 Å². The van der Waals surface area contributed by atoms with E-state index in [2.05, 4.69) is 15.6 Å². The Morgan fingerprint density at radius 2 is 1.73 bits per heavy atom. The van der Waals surface area contributed by atoms with Crippen molar-refractivity contribution in [3.8, 4) is 0 Å². The quantitative estimate of drug-likeness (QED) is 0.810. The van der Waals surface area contributed by atoms with Crippen molar-refractivity contribution in [1.29, 1.82) is 0 Å². The number of carbonyl (C=O) groups is 3. The lowest BCUT2D eigenvalue weighted by molar-refractivity contribution is 0.0507. The standard InChI is InChI=1S/C19H20N4O3/c1-11-6-5-9-20-15(11)22-18(26)21-12-7-8-13-14(10-12)17(25)23(16(13)24)19(2,3)4/h5-10H,1-4H3,(H2,20,21,22,26). The van der Waals surface area contributed by atoms with Crippen LogP contribution in [0.5, 0.6) is 0 Å². The molecular formula is C19H20N4O3. The average Bonchev–Trinajstić information content (AvgIpc) is 2.80. The number of benzene rings is 1. The SMILES string of the molecule is Cc1cccnc1NC(=O)Nc1ccc2c(c1)C(=O)N(C(C)(C)C)C2=O. The van der Waals surface area contributed by atoms with Crippen molar-refractivity contribution >= 4 is 29.4 Å². The van der Waals surface area contributed by atoms with E-state index in [0.717, 1.165) is 5.56 Å². The molecule has 26 heavy (non-hydrogen) atoms. The van der Waals surface area contributed by atoms with E-state index in [-0.39, 0.29) is 17.4 Å². The van der Waals surface area contributed by atoms with E-state index >= 15 is 0 Å². The van der Waals surface area contributed by atoms with E-state index < -0.39 is 11.6 Å². The van der Waals surface area contributed by atoms with Crippen LogP contribution in [0.1, 0.15) is 47.1 Å². The molecule has 2 heterocycles. The van der Waals surface area contributed by atoms with E-state index in [1.165, 1.54) is 11.0 Å². The van der Waals surface area contributed by atoms with Crippen LogP contribution in [-0.2, 0) is 0 Å². The monoisotopic (exact) mass is 352 g/mol. The number of fused-ring (bicyclic) bond motifs is 1. The van der Waals surface area contributed by atoms with E-state index in [1.807, 2.05) is 13.0 Å². The Labute approximate surface area is 151 Å². The van der Waals surface area contributed by atoms with Crippen LogP contribution in [0.3, 0.4) is 0 Å². The highest BCUT2D eigenvalue weighted by molar-refractivity contribution is 6.22. The first-order valence-corrected chi connectivity index (χ1v) is 8.21. The Kier molecular flexibility index (Phi) is 4.23. The lowest BCUT2D eigenvalue weighted by Crippen LogP contribution is -2.45. The molecule has 134 valence electrons. The minimum absolute atomic E-state index is 0.289. The summed E-state index contributed by atoms with van der Waals surface area (Å²) in [5, 5.41) is 5.32. The number of hydrogen-bond donors (Lipinski definition) is 2. The maximum absolute atomic E-state index is 12.6. The summed E-state index contributed by atoms with van der Waals surface area (Å²) < 4.78 is 0. The zero-order valence-corrected chi connectivity index (χ0v) is 15.1. The fraction of sp³-hybridized carbons (Fsp3) is 0.263. The maximum atomic E-state index is 12.6. The molecule has 0 saturated carbocycles. The Hall–Kier alpha value is -3.22. The molecule has 2 N–H and O–H groups in total. The van der Waals surface area contributed by atoms with Crippen molar-refractivity contribution < 1.29 is 14.4 Å². The highest BCUT2D eigenvalue weighted by atomic mass is 16.2. The molecule has 0 radical (unpaired) electrons. The second-order valence-corrected chi connectivity index (χ2v) is 7.12. The van der Waals surface area contributed by atoms with E-state index in [4.69, 9.17) is 0 Å². The summed E-state index contributed by atoms with van der Waals surface area (Å²) in [6.45, 7) is 7.24. The molecule has 0 atom stereocenters. The molecular weight excluding hydrogens is 332 g/mol. The smallest absolute Gasteiger partial charge is 0.308 e. The van der Waals surface area contributed by atoms with Crippen molar-refractivity contribution in [3.05, 3.63) is 53.2 Å². The minimum Gasteiger partial charge on any atom is -0.308 e. The van der Waals surface area contributed by atoms with Crippen LogP contribution < -0.4 is 10.6 Å². The van der Waals surface area contributed by atoms with Crippen LogP contribution in [0.2, 0.25) is 0 Å². The first kappa shape index (κ1) is 17.6. The summed E-state index contributed by atoms with van der Waals surface area (Å²) in [6, 6.07) is 7.82. The van der Waals surface area contributed by atoms with E-state index in [1.54, 1.807) is 45.2 Å². The van der Waals surface area contributed by atoms with E-state index in [9.17, 15) is 14.4 Å². The van der Waals surface area contributed by atoms with Gasteiger partial charge in [0, 0.05) is 17.4 Å². The summed E-state index contributed by atoms with van der Waals surface area (Å²) in [4.78, 5) is 42.6. The van der Waals surface area contributed by atoms with Gasteiger partial charge in [0.15, 0.2) is 0 Å². The molecule has 0 unspecified atom stereocenters. The Morgan fingerprint density at radius 1 is 1.04 bits per heavy atom. The van der Waals surface area contributed by atoms with Gasteiger partial charge in [0.25, 0.3) is 11.8 Å². The number of imide groups is 1. The van der Waals surface area contributed by atoms with Gasteiger partial charge in [-0.3, -0.25) is 19.8 Å². The lowest BCUT2D eigenvalue weighted by Gasteiger charge is -2.29. The zero-order valence-electron chi connectivity index (χ0n) is 15.1. The number of carbonyl (C=O) groups excluding carboxylic acids is 3. The number of amides is 4. The molecule has 1 aromatic heterocycles.